The molecule has 1 N–H and O–H groups in total. The predicted octanol–water partition coefficient (Wildman–Crippen LogP) is 2.11. The van der Waals surface area contributed by atoms with Gasteiger partial charge in [-0.1, -0.05) is 43.7 Å². The van der Waals surface area contributed by atoms with E-state index in [0.29, 0.717) is 6.61 Å². The van der Waals surface area contributed by atoms with Crippen molar-refractivity contribution in [1.82, 2.24) is 0 Å². The van der Waals surface area contributed by atoms with Crippen LogP contribution in [0.2, 0.25) is 0 Å². The highest BCUT2D eigenvalue weighted by atomic mass is 16.5. The molecule has 0 amide bonds. The molecule has 0 bridgehead atoms. The van der Waals surface area contributed by atoms with Crippen molar-refractivity contribution >= 4 is 5.97 Å². The van der Waals surface area contributed by atoms with Crippen molar-refractivity contribution in [3.63, 3.8) is 0 Å². The van der Waals surface area contributed by atoms with E-state index in [9.17, 15) is 9.90 Å². The lowest BCUT2D eigenvalue weighted by atomic mass is 10.0. The Labute approximate surface area is 96.1 Å². The first kappa shape index (κ1) is 12.7. The van der Waals surface area contributed by atoms with Gasteiger partial charge in [-0.3, -0.25) is 4.79 Å². The number of carbonyl (C=O) groups excluding carboxylic acids is 1. The van der Waals surface area contributed by atoms with Gasteiger partial charge in [0.15, 0.2) is 0 Å². The molecule has 0 radical (unpaired) electrons. The van der Waals surface area contributed by atoms with E-state index in [0.717, 1.165) is 18.4 Å². The minimum Gasteiger partial charge on any atom is -0.465 e. The molecule has 1 rings (SSSR count). The lowest BCUT2D eigenvalue weighted by Gasteiger charge is -2.13. The van der Waals surface area contributed by atoms with Gasteiger partial charge in [0.1, 0.15) is 5.92 Å². The Morgan fingerprint density at radius 1 is 1.38 bits per heavy atom. The summed E-state index contributed by atoms with van der Waals surface area (Å²) < 4.78 is 5.09. The van der Waals surface area contributed by atoms with E-state index in [4.69, 9.17) is 4.74 Å². The van der Waals surface area contributed by atoms with Crippen LogP contribution >= 0.6 is 0 Å². The van der Waals surface area contributed by atoms with Crippen LogP contribution in [0.25, 0.3) is 0 Å². The van der Waals surface area contributed by atoms with E-state index in [1.54, 1.807) is 0 Å². The van der Waals surface area contributed by atoms with Crippen LogP contribution in [-0.4, -0.2) is 24.3 Å². The zero-order valence-electron chi connectivity index (χ0n) is 9.56. The molecule has 3 nitrogen and oxygen atoms in total. The summed E-state index contributed by atoms with van der Waals surface area (Å²) in [5, 5.41) is 9.21. The molecule has 0 spiro atoms. The van der Waals surface area contributed by atoms with Crippen LogP contribution in [0.3, 0.4) is 0 Å². The fourth-order valence-corrected chi connectivity index (χ4v) is 1.42. The summed E-state index contributed by atoms with van der Waals surface area (Å²) >= 11 is 0. The highest BCUT2D eigenvalue weighted by Gasteiger charge is 2.20. The smallest absolute Gasteiger partial charge is 0.315 e. The van der Waals surface area contributed by atoms with E-state index in [1.807, 2.05) is 37.3 Å². The molecule has 0 aliphatic rings. The van der Waals surface area contributed by atoms with Gasteiger partial charge < -0.3 is 9.84 Å². The molecule has 0 saturated carbocycles. The Balaban J connectivity index is 2.57. The Morgan fingerprint density at radius 2 is 2.06 bits per heavy atom. The van der Waals surface area contributed by atoms with Crippen molar-refractivity contribution in [3.05, 3.63) is 35.9 Å². The fourth-order valence-electron chi connectivity index (χ4n) is 1.42. The van der Waals surface area contributed by atoms with E-state index in [1.165, 1.54) is 0 Å². The maximum absolute atomic E-state index is 11.7. The number of ether oxygens (including phenoxy) is 1. The molecule has 0 aliphatic heterocycles. The summed E-state index contributed by atoms with van der Waals surface area (Å²) in [5.74, 6) is -0.903. The summed E-state index contributed by atoms with van der Waals surface area (Å²) in [6.07, 6.45) is 1.85. The molecule has 0 aliphatic carbocycles. The molecule has 88 valence electrons. The number of unbranched alkanes of at least 4 members (excludes halogenated alkanes) is 1. The second-order valence-electron chi connectivity index (χ2n) is 3.67. The maximum atomic E-state index is 11.7. The van der Waals surface area contributed by atoms with Crippen molar-refractivity contribution < 1.29 is 14.6 Å². The van der Waals surface area contributed by atoms with Gasteiger partial charge in [-0.05, 0) is 12.0 Å². The number of esters is 1. The average molecular weight is 222 g/mol. The molecular weight excluding hydrogens is 204 g/mol. The van der Waals surface area contributed by atoms with E-state index >= 15 is 0 Å². The lowest BCUT2D eigenvalue weighted by molar-refractivity contribution is -0.146. The van der Waals surface area contributed by atoms with Crippen LogP contribution in [-0.2, 0) is 9.53 Å². The molecule has 16 heavy (non-hydrogen) atoms. The van der Waals surface area contributed by atoms with Crippen LogP contribution in [0.4, 0.5) is 0 Å². The van der Waals surface area contributed by atoms with Crippen molar-refractivity contribution in [1.29, 1.82) is 0 Å². The normalized spacial score (nSPS) is 12.1. The third kappa shape index (κ3) is 3.66. The van der Waals surface area contributed by atoms with E-state index in [-0.39, 0.29) is 12.6 Å². The van der Waals surface area contributed by atoms with Gasteiger partial charge in [0.05, 0.1) is 13.2 Å². The molecule has 0 heterocycles. The van der Waals surface area contributed by atoms with Crippen molar-refractivity contribution in [2.75, 3.05) is 13.2 Å². The van der Waals surface area contributed by atoms with Gasteiger partial charge in [0.25, 0.3) is 0 Å². The molecule has 0 aromatic heterocycles. The predicted molar refractivity (Wildman–Crippen MR) is 62.1 cm³/mol. The first-order chi connectivity index (χ1) is 7.79. The standard InChI is InChI=1S/C13H18O3/c1-2-3-9-16-13(15)12(10-14)11-7-5-4-6-8-11/h4-8,12,14H,2-3,9-10H2,1H3. The Kier molecular flexibility index (Phi) is 5.57. The van der Waals surface area contributed by atoms with Gasteiger partial charge in [-0.25, -0.2) is 0 Å². The topological polar surface area (TPSA) is 46.5 Å². The zero-order chi connectivity index (χ0) is 11.8. The summed E-state index contributed by atoms with van der Waals surface area (Å²) in [7, 11) is 0. The second-order valence-corrected chi connectivity index (χ2v) is 3.67. The summed E-state index contributed by atoms with van der Waals surface area (Å²) in [4.78, 5) is 11.7. The van der Waals surface area contributed by atoms with Crippen molar-refractivity contribution in [2.45, 2.75) is 25.7 Å². The number of carbonyl (C=O) groups is 1. The third-order valence-electron chi connectivity index (χ3n) is 2.41. The van der Waals surface area contributed by atoms with E-state index < -0.39 is 5.92 Å². The molecule has 1 unspecified atom stereocenters. The van der Waals surface area contributed by atoms with Crippen LogP contribution in [0.15, 0.2) is 30.3 Å². The van der Waals surface area contributed by atoms with Gasteiger partial charge in [-0.15, -0.1) is 0 Å². The highest BCUT2D eigenvalue weighted by molar-refractivity contribution is 5.78. The molecule has 1 aromatic rings. The minimum atomic E-state index is -0.557. The molecule has 0 fully saturated rings. The molecule has 1 atom stereocenters. The van der Waals surface area contributed by atoms with Gasteiger partial charge in [-0.2, -0.15) is 0 Å². The van der Waals surface area contributed by atoms with Gasteiger partial charge in [0.2, 0.25) is 0 Å². The Hall–Kier alpha value is -1.35. The SMILES string of the molecule is CCCCOC(=O)C(CO)c1ccccc1. The molecular formula is C13H18O3. The first-order valence-corrected chi connectivity index (χ1v) is 5.62. The van der Waals surface area contributed by atoms with Crippen LogP contribution < -0.4 is 0 Å². The number of hydrogen-bond donors (Lipinski definition) is 1. The molecule has 0 saturated heterocycles. The zero-order valence-corrected chi connectivity index (χ0v) is 9.56. The molecule has 3 heteroatoms. The number of hydrogen-bond acceptors (Lipinski definition) is 3. The number of aliphatic hydroxyl groups is 1. The van der Waals surface area contributed by atoms with E-state index in [2.05, 4.69) is 0 Å². The number of aliphatic hydroxyl groups excluding tert-OH is 1. The minimum absolute atomic E-state index is 0.213. The summed E-state index contributed by atoms with van der Waals surface area (Å²) in [6, 6.07) is 9.21. The monoisotopic (exact) mass is 222 g/mol. The third-order valence-corrected chi connectivity index (χ3v) is 2.41. The van der Waals surface area contributed by atoms with Gasteiger partial charge in [0, 0.05) is 0 Å². The van der Waals surface area contributed by atoms with Crippen LogP contribution in [0.1, 0.15) is 31.2 Å². The maximum Gasteiger partial charge on any atom is 0.315 e. The lowest BCUT2D eigenvalue weighted by Crippen LogP contribution is -2.19. The number of benzene rings is 1. The highest BCUT2D eigenvalue weighted by Crippen LogP contribution is 2.16. The average Bonchev–Trinajstić information content (AvgIpc) is 2.32. The number of rotatable bonds is 6. The van der Waals surface area contributed by atoms with Crippen LogP contribution in [0, 0.1) is 0 Å². The quantitative estimate of drug-likeness (QED) is 0.592. The largest absolute Gasteiger partial charge is 0.465 e. The van der Waals surface area contributed by atoms with Crippen LogP contribution in [0.5, 0.6) is 0 Å². The van der Waals surface area contributed by atoms with Crippen molar-refractivity contribution in [2.24, 2.45) is 0 Å². The second kappa shape index (κ2) is 7.01. The summed E-state index contributed by atoms with van der Waals surface area (Å²) in [5.41, 5.74) is 0.798. The van der Waals surface area contributed by atoms with Gasteiger partial charge >= 0.3 is 5.97 Å². The Bertz CT molecular complexity index is 308. The van der Waals surface area contributed by atoms with Crippen molar-refractivity contribution in [3.8, 4) is 0 Å². The Morgan fingerprint density at radius 3 is 2.62 bits per heavy atom. The fraction of sp³-hybridized carbons (Fsp3) is 0.462. The molecule has 1 aromatic carbocycles. The first-order valence-electron chi connectivity index (χ1n) is 5.62. The summed E-state index contributed by atoms with van der Waals surface area (Å²) in [6.45, 7) is 2.25.